The number of hydrogen-bond acceptors (Lipinski definition) is 7. The standard InChI is InChI=1S/C22H18F3N5O3S2/c1-14-12-19(30(29-14)15-6-3-2-4-7-15)28-20(31)9-11-35(32,33)21-26-16(17-8-5-10-34-17)13-18(27-21)22(23,24)25/h2-8,10,12-13H,9,11H2,1H3,(H,28,31). The van der Waals surface area contributed by atoms with Crippen LogP contribution in [0.5, 0.6) is 0 Å². The van der Waals surface area contributed by atoms with Gasteiger partial charge in [-0.3, -0.25) is 4.79 Å². The molecule has 4 aromatic rings. The fourth-order valence-electron chi connectivity index (χ4n) is 3.14. The molecule has 0 unspecified atom stereocenters. The minimum Gasteiger partial charge on any atom is -0.311 e. The smallest absolute Gasteiger partial charge is 0.311 e. The quantitative estimate of drug-likeness (QED) is 0.359. The van der Waals surface area contributed by atoms with Crippen molar-refractivity contribution in [3.8, 4) is 16.3 Å². The van der Waals surface area contributed by atoms with Crippen LogP contribution in [0.15, 0.2) is 65.1 Å². The van der Waals surface area contributed by atoms with Crippen molar-refractivity contribution in [3.63, 3.8) is 0 Å². The third-order valence-electron chi connectivity index (χ3n) is 4.75. The molecule has 182 valence electrons. The number of benzene rings is 1. The SMILES string of the molecule is Cc1cc(NC(=O)CCS(=O)(=O)c2nc(-c3cccs3)cc(C(F)(F)F)n2)n(-c2ccccc2)n1. The van der Waals surface area contributed by atoms with Gasteiger partial charge in [0.05, 0.1) is 27.7 Å². The number of alkyl halides is 3. The summed E-state index contributed by atoms with van der Waals surface area (Å²) in [4.78, 5) is 20.0. The molecule has 35 heavy (non-hydrogen) atoms. The highest BCUT2D eigenvalue weighted by Crippen LogP contribution is 2.32. The lowest BCUT2D eigenvalue weighted by atomic mass is 10.3. The van der Waals surface area contributed by atoms with Gasteiger partial charge in [0.2, 0.25) is 20.9 Å². The molecular weight excluding hydrogens is 503 g/mol. The van der Waals surface area contributed by atoms with Gasteiger partial charge >= 0.3 is 6.18 Å². The molecule has 0 aliphatic carbocycles. The molecule has 3 aromatic heterocycles. The Morgan fingerprint density at radius 3 is 2.49 bits per heavy atom. The number of anilines is 1. The molecular formula is C22H18F3N5O3S2. The highest BCUT2D eigenvalue weighted by molar-refractivity contribution is 7.91. The summed E-state index contributed by atoms with van der Waals surface area (Å²) >= 11 is 1.11. The third-order valence-corrected chi connectivity index (χ3v) is 7.12. The van der Waals surface area contributed by atoms with E-state index in [1.807, 2.05) is 6.07 Å². The van der Waals surface area contributed by atoms with Crippen LogP contribution in [0.25, 0.3) is 16.3 Å². The van der Waals surface area contributed by atoms with Gasteiger partial charge in [-0.1, -0.05) is 24.3 Å². The summed E-state index contributed by atoms with van der Waals surface area (Å²) in [5.41, 5.74) is -0.231. The van der Waals surface area contributed by atoms with E-state index >= 15 is 0 Å². The van der Waals surface area contributed by atoms with E-state index in [2.05, 4.69) is 20.4 Å². The first-order valence-corrected chi connectivity index (χ1v) is 12.7. The average molecular weight is 522 g/mol. The molecule has 1 amide bonds. The fraction of sp³-hybridized carbons (Fsp3) is 0.182. The number of thiophene rings is 1. The van der Waals surface area contributed by atoms with Crippen molar-refractivity contribution in [2.75, 3.05) is 11.1 Å². The van der Waals surface area contributed by atoms with Crippen molar-refractivity contribution in [2.45, 2.75) is 24.7 Å². The predicted molar refractivity (Wildman–Crippen MR) is 124 cm³/mol. The molecule has 0 bridgehead atoms. The number of aromatic nitrogens is 4. The molecule has 8 nitrogen and oxygen atoms in total. The van der Waals surface area contributed by atoms with Crippen molar-refractivity contribution in [2.24, 2.45) is 0 Å². The number of para-hydroxylation sites is 1. The zero-order chi connectivity index (χ0) is 25.2. The molecule has 4 rings (SSSR count). The average Bonchev–Trinajstić information content (AvgIpc) is 3.48. The molecule has 0 saturated heterocycles. The summed E-state index contributed by atoms with van der Waals surface area (Å²) in [7, 11) is -4.40. The second-order valence-electron chi connectivity index (χ2n) is 7.43. The number of nitrogens with one attached hydrogen (secondary N) is 1. The second-order valence-corrected chi connectivity index (χ2v) is 10.4. The zero-order valence-electron chi connectivity index (χ0n) is 18.2. The van der Waals surface area contributed by atoms with Crippen LogP contribution in [-0.2, 0) is 20.8 Å². The summed E-state index contributed by atoms with van der Waals surface area (Å²) in [5.74, 6) is -1.11. The Morgan fingerprint density at radius 2 is 1.83 bits per heavy atom. The first-order valence-electron chi connectivity index (χ1n) is 10.2. The van der Waals surface area contributed by atoms with Gasteiger partial charge < -0.3 is 5.32 Å². The summed E-state index contributed by atoms with van der Waals surface area (Å²) in [6.45, 7) is 1.73. The van der Waals surface area contributed by atoms with Gasteiger partial charge in [0.1, 0.15) is 11.5 Å². The second kappa shape index (κ2) is 9.58. The molecule has 1 N–H and O–H groups in total. The Bertz CT molecular complexity index is 1450. The number of rotatable bonds is 7. The van der Waals surface area contributed by atoms with Crippen molar-refractivity contribution in [1.29, 1.82) is 0 Å². The van der Waals surface area contributed by atoms with Crippen molar-refractivity contribution < 1.29 is 26.4 Å². The Balaban J connectivity index is 1.54. The molecule has 1 aromatic carbocycles. The Morgan fingerprint density at radius 1 is 1.09 bits per heavy atom. The number of aryl methyl sites for hydroxylation is 1. The number of sulfone groups is 1. The monoisotopic (exact) mass is 521 g/mol. The molecule has 0 aliphatic heterocycles. The van der Waals surface area contributed by atoms with Crippen LogP contribution in [0.1, 0.15) is 17.8 Å². The Labute approximate surface area is 202 Å². The first-order chi connectivity index (χ1) is 16.5. The lowest BCUT2D eigenvalue weighted by molar-refractivity contribution is -0.141. The normalized spacial score (nSPS) is 12.0. The van der Waals surface area contributed by atoms with Gasteiger partial charge in [-0.2, -0.15) is 18.3 Å². The van der Waals surface area contributed by atoms with Crippen molar-refractivity contribution >= 4 is 32.9 Å². The van der Waals surface area contributed by atoms with E-state index in [9.17, 15) is 26.4 Å². The fourth-order valence-corrected chi connectivity index (χ4v) is 4.94. The number of nitrogens with zero attached hydrogens (tertiary/aromatic N) is 4. The summed E-state index contributed by atoms with van der Waals surface area (Å²) in [6, 6.07) is 14.4. The van der Waals surface area contributed by atoms with Crippen LogP contribution >= 0.6 is 11.3 Å². The summed E-state index contributed by atoms with van der Waals surface area (Å²) in [6.07, 6.45) is -5.39. The van der Waals surface area contributed by atoms with Crippen LogP contribution in [0.2, 0.25) is 0 Å². The molecule has 0 radical (unpaired) electrons. The number of amides is 1. The highest BCUT2D eigenvalue weighted by Gasteiger charge is 2.35. The molecule has 13 heteroatoms. The number of hydrogen-bond donors (Lipinski definition) is 1. The van der Waals surface area contributed by atoms with E-state index in [0.29, 0.717) is 28.1 Å². The van der Waals surface area contributed by atoms with Crippen molar-refractivity contribution in [3.05, 3.63) is 71.4 Å². The predicted octanol–water partition coefficient (Wildman–Crippen LogP) is 4.52. The number of halogens is 3. The maximum Gasteiger partial charge on any atom is 0.433 e. The van der Waals surface area contributed by atoms with E-state index in [1.165, 1.54) is 10.7 Å². The Kier molecular flexibility index (Phi) is 6.72. The van der Waals surface area contributed by atoms with Crippen LogP contribution < -0.4 is 5.32 Å². The van der Waals surface area contributed by atoms with Gasteiger partial charge in [-0.15, -0.1) is 11.3 Å². The molecule has 0 fully saturated rings. The highest BCUT2D eigenvalue weighted by atomic mass is 32.2. The minimum atomic E-state index is -4.87. The molecule has 0 spiro atoms. The number of carbonyl (C=O) groups excluding carboxylic acids is 1. The first kappa shape index (κ1) is 24.5. The van der Waals surface area contributed by atoms with Crippen molar-refractivity contribution in [1.82, 2.24) is 19.7 Å². The van der Waals surface area contributed by atoms with Gasteiger partial charge in [0.25, 0.3) is 0 Å². The van der Waals surface area contributed by atoms with Crippen LogP contribution in [0, 0.1) is 6.92 Å². The molecule has 0 saturated carbocycles. The molecule has 3 heterocycles. The number of carbonyl (C=O) groups is 1. The van der Waals surface area contributed by atoms with E-state index in [-0.39, 0.29) is 5.69 Å². The van der Waals surface area contributed by atoms with Crippen LogP contribution in [-0.4, -0.2) is 39.8 Å². The van der Waals surface area contributed by atoms with Gasteiger partial charge in [-0.05, 0) is 36.6 Å². The van der Waals surface area contributed by atoms with Crippen LogP contribution in [0.3, 0.4) is 0 Å². The lowest BCUT2D eigenvalue weighted by Gasteiger charge is -2.11. The van der Waals surface area contributed by atoms with Gasteiger partial charge in [0.15, 0.2) is 0 Å². The van der Waals surface area contributed by atoms with E-state index in [0.717, 1.165) is 11.3 Å². The summed E-state index contributed by atoms with van der Waals surface area (Å²) in [5, 5.41) is 7.57. The zero-order valence-corrected chi connectivity index (χ0v) is 19.8. The maximum absolute atomic E-state index is 13.4. The molecule has 0 atom stereocenters. The van der Waals surface area contributed by atoms with E-state index in [1.54, 1.807) is 48.7 Å². The molecule has 0 aliphatic rings. The topological polar surface area (TPSA) is 107 Å². The summed E-state index contributed by atoms with van der Waals surface area (Å²) < 4.78 is 67.2. The van der Waals surface area contributed by atoms with E-state index in [4.69, 9.17) is 0 Å². The van der Waals surface area contributed by atoms with Crippen LogP contribution in [0.4, 0.5) is 19.0 Å². The van der Waals surface area contributed by atoms with E-state index < -0.39 is 44.9 Å². The van der Waals surface area contributed by atoms with Gasteiger partial charge in [-0.25, -0.2) is 23.1 Å². The lowest BCUT2D eigenvalue weighted by Crippen LogP contribution is -2.21. The third kappa shape index (κ3) is 5.74. The van der Waals surface area contributed by atoms with Gasteiger partial charge in [0, 0.05) is 12.5 Å². The minimum absolute atomic E-state index is 0.160. The largest absolute Gasteiger partial charge is 0.433 e. The Hall–Kier alpha value is -3.58. The maximum atomic E-state index is 13.4.